The van der Waals surface area contributed by atoms with Crippen LogP contribution < -0.4 is 14.9 Å². The fourth-order valence-electron chi connectivity index (χ4n) is 2.87. The van der Waals surface area contributed by atoms with Crippen molar-refractivity contribution in [2.24, 2.45) is 0 Å². The second-order valence-corrected chi connectivity index (χ2v) is 5.97. The highest BCUT2D eigenvalue weighted by atomic mass is 16.5. The molecule has 0 unspecified atom stereocenters. The number of para-hydroxylation sites is 1. The smallest absolute Gasteiger partial charge is 0.345 e. The van der Waals surface area contributed by atoms with E-state index in [0.717, 1.165) is 0 Å². The number of pyridine rings is 1. The van der Waals surface area contributed by atoms with Crippen LogP contribution in [0.15, 0.2) is 82.5 Å². The molecule has 0 radical (unpaired) electrons. The molecule has 28 heavy (non-hydrogen) atoms. The molecule has 0 fully saturated rings. The Balaban J connectivity index is 1.71. The molecule has 0 amide bonds. The second kappa shape index (κ2) is 7.36. The van der Waals surface area contributed by atoms with Crippen molar-refractivity contribution in [2.75, 3.05) is 7.11 Å². The van der Waals surface area contributed by atoms with E-state index in [2.05, 4.69) is 4.98 Å². The first-order chi connectivity index (χ1) is 13.7. The normalized spacial score (nSPS) is 10.6. The molecule has 0 aliphatic heterocycles. The van der Waals surface area contributed by atoms with E-state index < -0.39 is 5.97 Å². The van der Waals surface area contributed by atoms with Crippen molar-refractivity contribution in [3.05, 3.63) is 89.0 Å². The van der Waals surface area contributed by atoms with Crippen LogP contribution in [0.4, 0.5) is 0 Å². The van der Waals surface area contributed by atoms with E-state index in [-0.39, 0.29) is 11.2 Å². The third-order valence-corrected chi connectivity index (χ3v) is 4.25. The SMILES string of the molecule is COc1ccccc1-c1coc2cc(OC(=O)c3cccnc3)ccc2c1=O. The predicted octanol–water partition coefficient (Wildman–Crippen LogP) is 4.08. The summed E-state index contributed by atoms with van der Waals surface area (Å²) in [5, 5.41) is 0.379. The summed E-state index contributed by atoms with van der Waals surface area (Å²) in [6, 6.07) is 15.1. The molecule has 6 heteroatoms. The molecular weight excluding hydrogens is 358 g/mol. The summed E-state index contributed by atoms with van der Waals surface area (Å²) in [4.78, 5) is 29.0. The summed E-state index contributed by atoms with van der Waals surface area (Å²) < 4.78 is 16.3. The monoisotopic (exact) mass is 373 g/mol. The largest absolute Gasteiger partial charge is 0.496 e. The van der Waals surface area contributed by atoms with E-state index in [9.17, 15) is 9.59 Å². The zero-order valence-corrected chi connectivity index (χ0v) is 14.9. The Hall–Kier alpha value is -3.93. The van der Waals surface area contributed by atoms with Gasteiger partial charge in [-0.3, -0.25) is 9.78 Å². The average Bonchev–Trinajstić information content (AvgIpc) is 2.74. The van der Waals surface area contributed by atoms with Gasteiger partial charge >= 0.3 is 5.97 Å². The fourth-order valence-corrected chi connectivity index (χ4v) is 2.87. The lowest BCUT2D eigenvalue weighted by molar-refractivity contribution is 0.0734. The highest BCUT2D eigenvalue weighted by molar-refractivity contribution is 5.91. The van der Waals surface area contributed by atoms with Gasteiger partial charge in [-0.2, -0.15) is 0 Å². The number of carbonyl (C=O) groups excluding carboxylic acids is 1. The lowest BCUT2D eigenvalue weighted by Gasteiger charge is -2.09. The van der Waals surface area contributed by atoms with Crippen LogP contribution in [-0.4, -0.2) is 18.1 Å². The number of hydrogen-bond donors (Lipinski definition) is 0. The van der Waals surface area contributed by atoms with Gasteiger partial charge in [0.1, 0.15) is 23.3 Å². The van der Waals surface area contributed by atoms with Crippen molar-refractivity contribution in [1.82, 2.24) is 4.98 Å². The van der Waals surface area contributed by atoms with Gasteiger partial charge in [0, 0.05) is 24.0 Å². The lowest BCUT2D eigenvalue weighted by Crippen LogP contribution is -2.09. The number of benzene rings is 2. The van der Waals surface area contributed by atoms with Crippen molar-refractivity contribution in [3.8, 4) is 22.6 Å². The van der Waals surface area contributed by atoms with E-state index in [1.807, 2.05) is 12.1 Å². The first kappa shape index (κ1) is 17.5. The molecule has 2 heterocycles. The number of esters is 1. The molecule has 6 nitrogen and oxygen atoms in total. The molecule has 0 saturated heterocycles. The van der Waals surface area contributed by atoms with E-state index in [0.29, 0.717) is 33.4 Å². The third kappa shape index (κ3) is 3.23. The number of carbonyl (C=O) groups is 1. The molecule has 0 aliphatic rings. The second-order valence-electron chi connectivity index (χ2n) is 5.97. The first-order valence-corrected chi connectivity index (χ1v) is 8.48. The molecule has 2 aromatic heterocycles. The van der Waals surface area contributed by atoms with Crippen LogP contribution in [0.3, 0.4) is 0 Å². The van der Waals surface area contributed by atoms with Crippen LogP contribution in [0.1, 0.15) is 10.4 Å². The minimum Gasteiger partial charge on any atom is -0.496 e. The summed E-state index contributed by atoms with van der Waals surface area (Å²) in [5.74, 6) is 0.311. The van der Waals surface area contributed by atoms with Crippen LogP contribution in [0.25, 0.3) is 22.1 Å². The first-order valence-electron chi connectivity index (χ1n) is 8.48. The van der Waals surface area contributed by atoms with Crippen molar-refractivity contribution >= 4 is 16.9 Å². The maximum absolute atomic E-state index is 12.9. The molecule has 0 bridgehead atoms. The highest BCUT2D eigenvalue weighted by Gasteiger charge is 2.14. The molecule has 0 aliphatic carbocycles. The summed E-state index contributed by atoms with van der Waals surface area (Å²) in [6.07, 6.45) is 4.37. The molecule has 2 aromatic carbocycles. The van der Waals surface area contributed by atoms with Gasteiger partial charge in [-0.1, -0.05) is 18.2 Å². The Labute approximate surface area is 160 Å². The number of hydrogen-bond acceptors (Lipinski definition) is 6. The Morgan fingerprint density at radius 2 is 1.89 bits per heavy atom. The summed E-state index contributed by atoms with van der Waals surface area (Å²) >= 11 is 0. The van der Waals surface area contributed by atoms with Crippen molar-refractivity contribution in [1.29, 1.82) is 0 Å². The maximum Gasteiger partial charge on any atom is 0.345 e. The Kier molecular flexibility index (Phi) is 4.60. The summed E-state index contributed by atoms with van der Waals surface area (Å²) in [7, 11) is 1.55. The van der Waals surface area contributed by atoms with Crippen molar-refractivity contribution < 1.29 is 18.7 Å². The molecule has 0 N–H and O–H groups in total. The van der Waals surface area contributed by atoms with Crippen LogP contribution in [0.2, 0.25) is 0 Å². The fraction of sp³-hybridized carbons (Fsp3) is 0.0455. The minimum absolute atomic E-state index is 0.198. The van der Waals surface area contributed by atoms with Gasteiger partial charge in [-0.15, -0.1) is 0 Å². The third-order valence-electron chi connectivity index (χ3n) is 4.25. The topological polar surface area (TPSA) is 78.6 Å². The summed E-state index contributed by atoms with van der Waals surface area (Å²) in [5.41, 5.74) is 1.49. The average molecular weight is 373 g/mol. The Morgan fingerprint density at radius 1 is 1.04 bits per heavy atom. The van der Waals surface area contributed by atoms with Gasteiger partial charge in [0.05, 0.1) is 23.6 Å². The molecular formula is C22H15NO5. The molecule has 0 atom stereocenters. The van der Waals surface area contributed by atoms with Gasteiger partial charge in [-0.05, 0) is 30.3 Å². The molecule has 4 aromatic rings. The molecule has 0 spiro atoms. The molecule has 4 rings (SSSR count). The molecule has 138 valence electrons. The summed E-state index contributed by atoms with van der Waals surface area (Å²) in [6.45, 7) is 0. The zero-order valence-electron chi connectivity index (χ0n) is 14.9. The van der Waals surface area contributed by atoms with Crippen LogP contribution >= 0.6 is 0 Å². The number of rotatable bonds is 4. The van der Waals surface area contributed by atoms with Crippen molar-refractivity contribution in [2.45, 2.75) is 0 Å². The number of nitrogens with zero attached hydrogens (tertiary/aromatic N) is 1. The number of aromatic nitrogens is 1. The standard InChI is InChI=1S/C22H15NO5/c1-26-19-7-3-2-6-16(19)18-13-27-20-11-15(8-9-17(20)21(18)24)28-22(25)14-5-4-10-23-12-14/h2-13H,1H3. The minimum atomic E-state index is -0.541. The lowest BCUT2D eigenvalue weighted by atomic mass is 10.0. The van der Waals surface area contributed by atoms with Crippen LogP contribution in [0.5, 0.6) is 11.5 Å². The maximum atomic E-state index is 12.9. The van der Waals surface area contributed by atoms with Gasteiger partial charge in [0.25, 0.3) is 0 Å². The number of ether oxygens (including phenoxy) is 2. The number of methoxy groups -OCH3 is 1. The van der Waals surface area contributed by atoms with Gasteiger partial charge in [-0.25, -0.2) is 4.79 Å². The van der Waals surface area contributed by atoms with E-state index >= 15 is 0 Å². The van der Waals surface area contributed by atoms with Gasteiger partial charge in [0.2, 0.25) is 5.43 Å². The van der Waals surface area contributed by atoms with Gasteiger partial charge < -0.3 is 13.9 Å². The zero-order chi connectivity index (χ0) is 19.5. The van der Waals surface area contributed by atoms with Crippen molar-refractivity contribution in [3.63, 3.8) is 0 Å². The van der Waals surface area contributed by atoms with E-state index in [1.54, 1.807) is 49.7 Å². The number of fused-ring (bicyclic) bond motifs is 1. The van der Waals surface area contributed by atoms with Crippen LogP contribution in [-0.2, 0) is 0 Å². The highest BCUT2D eigenvalue weighted by Crippen LogP contribution is 2.29. The Morgan fingerprint density at radius 3 is 2.68 bits per heavy atom. The van der Waals surface area contributed by atoms with Gasteiger partial charge in [0.15, 0.2) is 0 Å². The predicted molar refractivity (Wildman–Crippen MR) is 104 cm³/mol. The molecule has 0 saturated carbocycles. The Bertz CT molecular complexity index is 1210. The van der Waals surface area contributed by atoms with E-state index in [1.165, 1.54) is 18.5 Å². The van der Waals surface area contributed by atoms with E-state index in [4.69, 9.17) is 13.9 Å². The van der Waals surface area contributed by atoms with Crippen LogP contribution in [0, 0.1) is 0 Å². The quantitative estimate of drug-likeness (QED) is 0.396.